The number of nitrogens with zero attached hydrogens (tertiary/aromatic N) is 1. The summed E-state index contributed by atoms with van der Waals surface area (Å²) in [6.07, 6.45) is 9.95. The second-order valence-corrected chi connectivity index (χ2v) is 4.47. The molecule has 2 atom stereocenters. The normalized spacial score (nSPS) is 33.8. The van der Waals surface area contributed by atoms with Crippen molar-refractivity contribution in [3.8, 4) is 0 Å². The first-order chi connectivity index (χ1) is 6.92. The minimum absolute atomic E-state index is 0.756. The Labute approximate surface area is 87.4 Å². The summed E-state index contributed by atoms with van der Waals surface area (Å²) in [7, 11) is 0. The fourth-order valence-electron chi connectivity index (χ4n) is 2.82. The summed E-state index contributed by atoms with van der Waals surface area (Å²) in [5, 5.41) is 3.65. The molecule has 1 N–H and O–H groups in total. The average molecular weight is 194 g/mol. The molecule has 0 aromatic heterocycles. The van der Waals surface area contributed by atoms with E-state index in [0.29, 0.717) is 0 Å². The van der Waals surface area contributed by atoms with E-state index in [-0.39, 0.29) is 0 Å². The molecule has 0 bridgehead atoms. The number of hydrogen-bond acceptors (Lipinski definition) is 2. The van der Waals surface area contributed by atoms with Crippen molar-refractivity contribution in [2.24, 2.45) is 0 Å². The van der Waals surface area contributed by atoms with Gasteiger partial charge in [0.2, 0.25) is 0 Å². The molecule has 0 saturated carbocycles. The lowest BCUT2D eigenvalue weighted by Crippen LogP contribution is -2.44. The van der Waals surface area contributed by atoms with Gasteiger partial charge >= 0.3 is 0 Å². The summed E-state index contributed by atoms with van der Waals surface area (Å²) < 4.78 is 0. The Morgan fingerprint density at radius 1 is 1.29 bits per heavy atom. The second kappa shape index (κ2) is 4.94. The van der Waals surface area contributed by atoms with E-state index < -0.39 is 0 Å². The quantitative estimate of drug-likeness (QED) is 0.689. The number of hydrogen-bond donors (Lipinski definition) is 1. The first kappa shape index (κ1) is 10.2. The molecular formula is C12H22N2. The SMILES string of the molecule is C/C=C/CNC1CCN2CCCCC12. The highest BCUT2D eigenvalue weighted by molar-refractivity contribution is 4.95. The molecule has 2 rings (SSSR count). The van der Waals surface area contributed by atoms with Crippen LogP contribution in [0.1, 0.15) is 32.6 Å². The maximum atomic E-state index is 3.65. The molecule has 0 aromatic rings. The van der Waals surface area contributed by atoms with Gasteiger partial charge in [-0.2, -0.15) is 0 Å². The molecule has 2 unspecified atom stereocenters. The van der Waals surface area contributed by atoms with Crippen LogP contribution in [0.15, 0.2) is 12.2 Å². The molecule has 2 aliphatic heterocycles. The lowest BCUT2D eigenvalue weighted by atomic mass is 9.99. The molecule has 0 aliphatic carbocycles. The van der Waals surface area contributed by atoms with E-state index in [2.05, 4.69) is 29.3 Å². The van der Waals surface area contributed by atoms with Crippen LogP contribution in [0.25, 0.3) is 0 Å². The Balaban J connectivity index is 1.81. The number of fused-ring (bicyclic) bond motifs is 1. The van der Waals surface area contributed by atoms with E-state index in [1.54, 1.807) is 0 Å². The predicted molar refractivity (Wildman–Crippen MR) is 60.4 cm³/mol. The molecule has 2 aliphatic rings. The molecule has 2 saturated heterocycles. The molecule has 2 heterocycles. The zero-order valence-corrected chi connectivity index (χ0v) is 9.21. The van der Waals surface area contributed by atoms with Gasteiger partial charge in [0.1, 0.15) is 0 Å². The number of allylic oxidation sites excluding steroid dienone is 1. The highest BCUT2D eigenvalue weighted by Crippen LogP contribution is 2.26. The van der Waals surface area contributed by atoms with Gasteiger partial charge in [0, 0.05) is 25.2 Å². The van der Waals surface area contributed by atoms with E-state index in [1.165, 1.54) is 38.8 Å². The smallest absolute Gasteiger partial charge is 0.0249 e. The molecular weight excluding hydrogens is 172 g/mol. The lowest BCUT2D eigenvalue weighted by Gasteiger charge is -2.32. The Morgan fingerprint density at radius 2 is 2.21 bits per heavy atom. The maximum absolute atomic E-state index is 3.65. The zero-order chi connectivity index (χ0) is 9.80. The Bertz CT molecular complexity index is 200. The van der Waals surface area contributed by atoms with Gasteiger partial charge in [-0.3, -0.25) is 4.90 Å². The van der Waals surface area contributed by atoms with Crippen molar-refractivity contribution in [3.63, 3.8) is 0 Å². The fourth-order valence-corrected chi connectivity index (χ4v) is 2.82. The zero-order valence-electron chi connectivity index (χ0n) is 9.21. The van der Waals surface area contributed by atoms with Gasteiger partial charge in [-0.25, -0.2) is 0 Å². The van der Waals surface area contributed by atoms with Crippen LogP contribution in [-0.4, -0.2) is 36.6 Å². The van der Waals surface area contributed by atoms with Gasteiger partial charge in [-0.15, -0.1) is 0 Å². The number of nitrogens with one attached hydrogen (secondary N) is 1. The molecule has 0 spiro atoms. The van der Waals surface area contributed by atoms with Crippen molar-refractivity contribution in [1.82, 2.24) is 10.2 Å². The Kier molecular flexibility index (Phi) is 3.60. The summed E-state index contributed by atoms with van der Waals surface area (Å²) in [6, 6.07) is 1.60. The van der Waals surface area contributed by atoms with E-state index in [9.17, 15) is 0 Å². The van der Waals surface area contributed by atoms with E-state index in [4.69, 9.17) is 0 Å². The minimum Gasteiger partial charge on any atom is -0.309 e. The van der Waals surface area contributed by atoms with Crippen LogP contribution in [0.3, 0.4) is 0 Å². The molecule has 2 fully saturated rings. The lowest BCUT2D eigenvalue weighted by molar-refractivity contribution is 0.182. The standard InChI is InChI=1S/C12H22N2/c1-2-3-8-13-11-7-10-14-9-5-4-6-12(11)14/h2-3,11-13H,4-10H2,1H3/b3-2+. The molecule has 14 heavy (non-hydrogen) atoms. The largest absolute Gasteiger partial charge is 0.309 e. The van der Waals surface area contributed by atoms with Crippen LogP contribution in [0.4, 0.5) is 0 Å². The summed E-state index contributed by atoms with van der Waals surface area (Å²) in [5.41, 5.74) is 0. The first-order valence-corrected chi connectivity index (χ1v) is 6.00. The summed E-state index contributed by atoms with van der Waals surface area (Å²) in [5.74, 6) is 0. The summed E-state index contributed by atoms with van der Waals surface area (Å²) >= 11 is 0. The Hall–Kier alpha value is -0.340. The molecule has 0 aromatic carbocycles. The summed E-state index contributed by atoms with van der Waals surface area (Å²) in [4.78, 5) is 2.68. The molecule has 80 valence electrons. The third kappa shape index (κ3) is 2.18. The molecule has 2 nitrogen and oxygen atoms in total. The van der Waals surface area contributed by atoms with Crippen LogP contribution < -0.4 is 5.32 Å². The number of piperidine rings is 1. The van der Waals surface area contributed by atoms with E-state index >= 15 is 0 Å². The topological polar surface area (TPSA) is 15.3 Å². The van der Waals surface area contributed by atoms with Crippen LogP contribution in [0.2, 0.25) is 0 Å². The van der Waals surface area contributed by atoms with Crippen molar-refractivity contribution < 1.29 is 0 Å². The van der Waals surface area contributed by atoms with Gasteiger partial charge in [0.25, 0.3) is 0 Å². The molecule has 0 amide bonds. The fraction of sp³-hybridized carbons (Fsp3) is 0.833. The monoisotopic (exact) mass is 194 g/mol. The van der Waals surface area contributed by atoms with Gasteiger partial charge in [0.05, 0.1) is 0 Å². The predicted octanol–water partition coefficient (Wildman–Crippen LogP) is 1.78. The van der Waals surface area contributed by atoms with Crippen LogP contribution in [-0.2, 0) is 0 Å². The highest BCUT2D eigenvalue weighted by atomic mass is 15.2. The van der Waals surface area contributed by atoms with Crippen LogP contribution in [0, 0.1) is 0 Å². The van der Waals surface area contributed by atoms with Gasteiger partial charge in [0.15, 0.2) is 0 Å². The first-order valence-electron chi connectivity index (χ1n) is 6.00. The van der Waals surface area contributed by atoms with Crippen LogP contribution >= 0.6 is 0 Å². The van der Waals surface area contributed by atoms with Crippen molar-refractivity contribution in [3.05, 3.63) is 12.2 Å². The van der Waals surface area contributed by atoms with E-state index in [1.807, 2.05) is 0 Å². The molecule has 0 radical (unpaired) electrons. The van der Waals surface area contributed by atoms with Crippen molar-refractivity contribution in [1.29, 1.82) is 0 Å². The third-order valence-electron chi connectivity index (χ3n) is 3.59. The van der Waals surface area contributed by atoms with E-state index in [0.717, 1.165) is 18.6 Å². The van der Waals surface area contributed by atoms with Gasteiger partial charge in [-0.05, 0) is 32.7 Å². The average Bonchev–Trinajstić information content (AvgIpc) is 2.63. The second-order valence-electron chi connectivity index (χ2n) is 4.47. The van der Waals surface area contributed by atoms with Crippen molar-refractivity contribution in [2.45, 2.75) is 44.7 Å². The van der Waals surface area contributed by atoms with Crippen LogP contribution in [0.5, 0.6) is 0 Å². The third-order valence-corrected chi connectivity index (χ3v) is 3.59. The summed E-state index contributed by atoms with van der Waals surface area (Å²) in [6.45, 7) is 5.79. The number of rotatable bonds is 3. The van der Waals surface area contributed by atoms with Gasteiger partial charge in [-0.1, -0.05) is 18.6 Å². The van der Waals surface area contributed by atoms with Gasteiger partial charge < -0.3 is 5.32 Å². The van der Waals surface area contributed by atoms with Crippen molar-refractivity contribution >= 4 is 0 Å². The highest BCUT2D eigenvalue weighted by Gasteiger charge is 2.34. The van der Waals surface area contributed by atoms with Crippen molar-refractivity contribution in [2.75, 3.05) is 19.6 Å². The minimum atomic E-state index is 0.756. The maximum Gasteiger partial charge on any atom is 0.0249 e. The molecule has 2 heteroatoms. The Morgan fingerprint density at radius 3 is 3.07 bits per heavy atom.